The summed E-state index contributed by atoms with van der Waals surface area (Å²) in [7, 11) is 0. The zero-order chi connectivity index (χ0) is 30.7. The topological polar surface area (TPSA) is 133 Å². The molecule has 0 saturated heterocycles. The van der Waals surface area contributed by atoms with E-state index in [4.69, 9.17) is 22.1 Å². The number of nitrogen functional groups attached to an aromatic ring is 1. The Hall–Kier alpha value is -5.31. The second-order valence-corrected chi connectivity index (χ2v) is 9.20. The molecule has 0 radical (unpaired) electrons. The molecule has 2 aromatic carbocycles. The van der Waals surface area contributed by atoms with Crippen LogP contribution in [0.5, 0.6) is 11.8 Å². The van der Waals surface area contributed by atoms with Crippen LogP contribution in [-0.4, -0.2) is 30.8 Å². The number of urea groups is 1. The number of amides is 2. The Morgan fingerprint density at radius 3 is 2.33 bits per heavy atom. The summed E-state index contributed by atoms with van der Waals surface area (Å²) in [5.41, 5.74) is 5.31. The summed E-state index contributed by atoms with van der Waals surface area (Å²) in [4.78, 5) is 24.7. The summed E-state index contributed by atoms with van der Waals surface area (Å²) < 4.78 is 72.5. The average molecular weight is 617 g/mol. The minimum Gasteiger partial charge on any atom is -0.424 e. The Kier molecular flexibility index (Phi) is 8.07. The number of carbonyl (C=O) groups excluding carboxylic acids is 1. The lowest BCUT2D eigenvalue weighted by Gasteiger charge is -2.15. The number of hydrogen-bond donors (Lipinski definition) is 3. The molecule has 0 atom stereocenters. The second-order valence-electron chi connectivity index (χ2n) is 8.76. The van der Waals surface area contributed by atoms with Gasteiger partial charge in [-0.25, -0.2) is 33.2 Å². The molecule has 0 aliphatic rings. The summed E-state index contributed by atoms with van der Waals surface area (Å²) in [6, 6.07) is 10.8. The van der Waals surface area contributed by atoms with E-state index >= 15 is 0 Å². The van der Waals surface area contributed by atoms with Crippen molar-refractivity contribution in [3.63, 3.8) is 0 Å². The molecule has 220 valence electrons. The van der Waals surface area contributed by atoms with Crippen molar-refractivity contribution in [3.8, 4) is 28.6 Å². The second kappa shape index (κ2) is 11.9. The van der Waals surface area contributed by atoms with Crippen LogP contribution in [0.4, 0.5) is 43.9 Å². The van der Waals surface area contributed by atoms with Crippen molar-refractivity contribution in [2.45, 2.75) is 12.6 Å². The molecular formula is C27H18ClF5N8O2. The van der Waals surface area contributed by atoms with Crippen molar-refractivity contribution in [2.24, 2.45) is 0 Å². The van der Waals surface area contributed by atoms with Crippen LogP contribution in [-0.2, 0) is 6.18 Å². The number of pyridine rings is 1. The van der Waals surface area contributed by atoms with Crippen LogP contribution < -0.4 is 21.1 Å². The molecule has 5 rings (SSSR count). The van der Waals surface area contributed by atoms with Crippen LogP contribution >= 0.6 is 11.6 Å². The van der Waals surface area contributed by atoms with Gasteiger partial charge in [0.05, 0.1) is 40.0 Å². The van der Waals surface area contributed by atoms with E-state index < -0.39 is 29.9 Å². The molecule has 0 aliphatic carbocycles. The van der Waals surface area contributed by atoms with E-state index in [1.165, 1.54) is 18.6 Å². The van der Waals surface area contributed by atoms with Crippen LogP contribution in [0.3, 0.4) is 0 Å². The van der Waals surface area contributed by atoms with Crippen LogP contribution in [0.25, 0.3) is 16.8 Å². The van der Waals surface area contributed by atoms with Gasteiger partial charge in [-0.1, -0.05) is 23.7 Å². The van der Waals surface area contributed by atoms with Crippen molar-refractivity contribution >= 4 is 34.8 Å². The number of anilines is 3. The molecule has 4 N–H and O–H groups in total. The molecule has 0 bridgehead atoms. The summed E-state index contributed by atoms with van der Waals surface area (Å²) in [6.07, 6.45) is -2.62. The summed E-state index contributed by atoms with van der Waals surface area (Å²) in [6.45, 7) is 0. The van der Waals surface area contributed by atoms with Crippen molar-refractivity contribution in [1.29, 1.82) is 0 Å². The maximum atomic E-state index is 13.3. The van der Waals surface area contributed by atoms with Gasteiger partial charge in [-0.3, -0.25) is 0 Å². The third-order valence-corrected chi connectivity index (χ3v) is 6.00. The van der Waals surface area contributed by atoms with E-state index in [9.17, 15) is 26.7 Å². The fourth-order valence-electron chi connectivity index (χ4n) is 3.81. The lowest BCUT2D eigenvalue weighted by atomic mass is 10.1. The first-order valence-corrected chi connectivity index (χ1v) is 12.5. The SMILES string of the molecule is Nc1ncc(Cl)cc1-c1ccc(Oc2ncc(NC(=O)Nc3cc(C(F)(F)F)ccc3-n3ccc(C(F)F)n3)cn2)cc1. The average Bonchev–Trinajstić information content (AvgIpc) is 3.46. The van der Waals surface area contributed by atoms with Crippen molar-refractivity contribution in [3.05, 3.63) is 95.7 Å². The molecule has 3 heterocycles. The number of hydrogen-bond acceptors (Lipinski definition) is 7. The number of ether oxygens (including phenoxy) is 1. The Balaban J connectivity index is 1.27. The minimum atomic E-state index is -4.73. The number of halogens is 6. The molecule has 43 heavy (non-hydrogen) atoms. The third kappa shape index (κ3) is 6.95. The highest BCUT2D eigenvalue weighted by Crippen LogP contribution is 2.34. The summed E-state index contributed by atoms with van der Waals surface area (Å²) in [5.74, 6) is 0.696. The first-order chi connectivity index (χ1) is 20.5. The maximum Gasteiger partial charge on any atom is 0.416 e. The van der Waals surface area contributed by atoms with Gasteiger partial charge in [0.15, 0.2) is 0 Å². The molecule has 2 amide bonds. The van der Waals surface area contributed by atoms with Gasteiger partial charge in [-0.2, -0.15) is 18.3 Å². The van der Waals surface area contributed by atoms with E-state index in [0.717, 1.165) is 34.6 Å². The normalized spacial score (nSPS) is 11.4. The first-order valence-electron chi connectivity index (χ1n) is 12.1. The number of carbonyl (C=O) groups is 1. The zero-order valence-electron chi connectivity index (χ0n) is 21.5. The lowest BCUT2D eigenvalue weighted by Crippen LogP contribution is -2.21. The predicted molar refractivity (Wildman–Crippen MR) is 147 cm³/mol. The van der Waals surface area contributed by atoms with E-state index in [-0.39, 0.29) is 23.1 Å². The molecule has 10 nitrogen and oxygen atoms in total. The maximum absolute atomic E-state index is 13.3. The number of nitrogens with two attached hydrogens (primary N) is 1. The highest BCUT2D eigenvalue weighted by molar-refractivity contribution is 6.30. The minimum absolute atomic E-state index is 0.0590. The van der Waals surface area contributed by atoms with Crippen molar-refractivity contribution < 1.29 is 31.5 Å². The van der Waals surface area contributed by atoms with Crippen LogP contribution in [0.15, 0.2) is 79.4 Å². The number of benzene rings is 2. The number of rotatable bonds is 7. The highest BCUT2D eigenvalue weighted by atomic mass is 35.5. The molecular weight excluding hydrogens is 599 g/mol. The number of nitrogens with one attached hydrogen (secondary N) is 2. The molecule has 0 saturated carbocycles. The largest absolute Gasteiger partial charge is 0.424 e. The van der Waals surface area contributed by atoms with E-state index in [2.05, 4.69) is 30.7 Å². The quantitative estimate of drug-likeness (QED) is 0.163. The third-order valence-electron chi connectivity index (χ3n) is 5.80. The zero-order valence-corrected chi connectivity index (χ0v) is 22.2. The molecule has 0 fully saturated rings. The number of alkyl halides is 5. The van der Waals surface area contributed by atoms with Gasteiger partial charge in [0.1, 0.15) is 17.3 Å². The molecule has 0 unspecified atom stereocenters. The highest BCUT2D eigenvalue weighted by Gasteiger charge is 2.31. The Morgan fingerprint density at radius 2 is 1.67 bits per heavy atom. The van der Waals surface area contributed by atoms with E-state index in [1.54, 1.807) is 30.3 Å². The number of nitrogens with zero attached hydrogens (tertiary/aromatic N) is 5. The fourth-order valence-corrected chi connectivity index (χ4v) is 3.97. The van der Waals surface area contributed by atoms with Crippen molar-refractivity contribution in [1.82, 2.24) is 24.7 Å². The summed E-state index contributed by atoms with van der Waals surface area (Å²) >= 11 is 6.00. The fraction of sp³-hybridized carbons (Fsp3) is 0.0741. The van der Waals surface area contributed by atoms with Crippen LogP contribution in [0.1, 0.15) is 17.7 Å². The van der Waals surface area contributed by atoms with Gasteiger partial charge in [-0.15, -0.1) is 0 Å². The standard InChI is InChI=1S/C27H18ClF5N8O2/c28-16-10-19(24(34)35-11-16)14-1-4-18(5-2-14)43-26-36-12-17(13-37-26)38-25(42)39-21-9-15(27(31,32)33)3-6-22(21)41-8-7-20(40-41)23(29)30/h1-13,23H,(H2,34,35)(H2,38,39,42). The van der Waals surface area contributed by atoms with Gasteiger partial charge in [0.2, 0.25) is 0 Å². The van der Waals surface area contributed by atoms with Crippen molar-refractivity contribution in [2.75, 3.05) is 16.4 Å². The van der Waals surface area contributed by atoms with E-state index in [1.807, 2.05) is 0 Å². The van der Waals surface area contributed by atoms with Gasteiger partial charge in [0, 0.05) is 18.0 Å². The molecule has 0 aliphatic heterocycles. The van der Waals surface area contributed by atoms with Gasteiger partial charge in [-0.05, 0) is 48.0 Å². The summed E-state index contributed by atoms with van der Waals surface area (Å²) in [5, 5.41) is 8.76. The first kappa shape index (κ1) is 29.2. The Labute approximate surface area is 244 Å². The van der Waals surface area contributed by atoms with Crippen LogP contribution in [0, 0.1) is 0 Å². The van der Waals surface area contributed by atoms with Gasteiger partial charge in [0.25, 0.3) is 6.43 Å². The Morgan fingerprint density at radius 1 is 0.953 bits per heavy atom. The van der Waals surface area contributed by atoms with E-state index in [0.29, 0.717) is 28.2 Å². The predicted octanol–water partition coefficient (Wildman–Crippen LogP) is 7.35. The molecule has 16 heteroatoms. The lowest BCUT2D eigenvalue weighted by molar-refractivity contribution is -0.137. The molecule has 3 aromatic heterocycles. The molecule has 0 spiro atoms. The molecule has 5 aromatic rings. The van der Waals surface area contributed by atoms with Gasteiger partial charge < -0.3 is 21.1 Å². The number of aromatic nitrogens is 5. The van der Waals surface area contributed by atoms with Crippen LogP contribution in [0.2, 0.25) is 5.02 Å². The van der Waals surface area contributed by atoms with Gasteiger partial charge >= 0.3 is 18.2 Å². The monoisotopic (exact) mass is 616 g/mol. The smallest absolute Gasteiger partial charge is 0.416 e. The Bertz CT molecular complexity index is 1760.